The molecule has 1 aliphatic heterocycles. The van der Waals surface area contributed by atoms with Gasteiger partial charge in [0, 0.05) is 23.4 Å². The fraction of sp³-hybridized carbons (Fsp3) is 0.600. The second-order valence-corrected chi connectivity index (χ2v) is 6.33. The molecule has 3 heteroatoms. The Balaban J connectivity index is 1.47. The van der Waals surface area contributed by atoms with Gasteiger partial charge in [0.2, 0.25) is 0 Å². The minimum atomic E-state index is 0.422. The van der Waals surface area contributed by atoms with E-state index in [1.807, 2.05) is 24.3 Å². The van der Waals surface area contributed by atoms with Gasteiger partial charge in [0.15, 0.2) is 0 Å². The Morgan fingerprint density at radius 3 is 2.61 bits per heavy atom. The van der Waals surface area contributed by atoms with Gasteiger partial charge in [-0.15, -0.1) is 0 Å². The Labute approximate surface area is 117 Å². The molecule has 0 radical (unpaired) electrons. The van der Waals surface area contributed by atoms with Crippen LogP contribution in [0.25, 0.3) is 0 Å². The van der Waals surface area contributed by atoms with Crippen LogP contribution in [0.1, 0.15) is 32.1 Å². The maximum atomic E-state index is 6.00. The molecule has 2 aliphatic rings. The van der Waals surface area contributed by atoms with Crippen molar-refractivity contribution in [1.82, 2.24) is 4.90 Å². The van der Waals surface area contributed by atoms with E-state index in [0.29, 0.717) is 6.10 Å². The van der Waals surface area contributed by atoms with Crippen molar-refractivity contribution in [3.05, 3.63) is 28.7 Å². The van der Waals surface area contributed by atoms with Crippen molar-refractivity contribution < 1.29 is 4.74 Å². The van der Waals surface area contributed by atoms with E-state index in [2.05, 4.69) is 20.8 Å². The van der Waals surface area contributed by atoms with E-state index in [-0.39, 0.29) is 0 Å². The molecule has 98 valence electrons. The zero-order valence-corrected chi connectivity index (χ0v) is 12.2. The van der Waals surface area contributed by atoms with Gasteiger partial charge in [0.1, 0.15) is 11.9 Å². The smallest absolute Gasteiger partial charge is 0.120 e. The van der Waals surface area contributed by atoms with Crippen molar-refractivity contribution >= 4 is 15.9 Å². The Morgan fingerprint density at radius 2 is 1.89 bits per heavy atom. The lowest BCUT2D eigenvalue weighted by Gasteiger charge is -2.44. The monoisotopic (exact) mass is 309 g/mol. The van der Waals surface area contributed by atoms with Crippen molar-refractivity contribution in [3.63, 3.8) is 0 Å². The third-order valence-corrected chi connectivity index (χ3v) is 4.57. The first kappa shape index (κ1) is 12.5. The predicted octanol–water partition coefficient (Wildman–Crippen LogP) is 3.84. The molecule has 3 rings (SSSR count). The third kappa shape index (κ3) is 2.89. The number of benzene rings is 1. The predicted molar refractivity (Wildman–Crippen MR) is 77.0 cm³/mol. The zero-order valence-electron chi connectivity index (χ0n) is 10.6. The summed E-state index contributed by atoms with van der Waals surface area (Å²) < 4.78 is 7.09. The summed E-state index contributed by atoms with van der Waals surface area (Å²) in [6, 6.07) is 8.93. The van der Waals surface area contributed by atoms with Gasteiger partial charge in [-0.25, -0.2) is 0 Å². The van der Waals surface area contributed by atoms with Gasteiger partial charge in [-0.1, -0.05) is 28.4 Å². The summed E-state index contributed by atoms with van der Waals surface area (Å²) in [5.74, 6) is 0.992. The minimum Gasteiger partial charge on any atom is -0.490 e. The SMILES string of the molecule is Brc1cccc(OC2CC(N3CCCCC3)C2)c1. The fourth-order valence-electron chi connectivity index (χ4n) is 2.95. The molecule has 0 bridgehead atoms. The van der Waals surface area contributed by atoms with E-state index in [0.717, 1.165) is 16.3 Å². The zero-order chi connectivity index (χ0) is 12.4. The van der Waals surface area contributed by atoms with E-state index in [4.69, 9.17) is 4.74 Å². The largest absolute Gasteiger partial charge is 0.490 e. The van der Waals surface area contributed by atoms with Crippen LogP contribution in [0, 0.1) is 0 Å². The van der Waals surface area contributed by atoms with Crippen LogP contribution in [0.4, 0.5) is 0 Å². The molecule has 0 aromatic heterocycles. The maximum Gasteiger partial charge on any atom is 0.120 e. The number of hydrogen-bond donors (Lipinski definition) is 0. The summed E-state index contributed by atoms with van der Waals surface area (Å²) >= 11 is 3.48. The van der Waals surface area contributed by atoms with Crippen molar-refractivity contribution in [1.29, 1.82) is 0 Å². The van der Waals surface area contributed by atoms with Crippen LogP contribution in [0.3, 0.4) is 0 Å². The van der Waals surface area contributed by atoms with Gasteiger partial charge in [-0.3, -0.25) is 0 Å². The molecule has 18 heavy (non-hydrogen) atoms. The summed E-state index contributed by atoms with van der Waals surface area (Å²) in [7, 11) is 0. The van der Waals surface area contributed by atoms with Crippen LogP contribution in [-0.4, -0.2) is 30.1 Å². The molecular weight excluding hydrogens is 290 g/mol. The highest BCUT2D eigenvalue weighted by atomic mass is 79.9. The highest BCUT2D eigenvalue weighted by Crippen LogP contribution is 2.32. The minimum absolute atomic E-state index is 0.422. The number of ether oxygens (including phenoxy) is 1. The average molecular weight is 310 g/mol. The Hall–Kier alpha value is -0.540. The first-order valence-corrected chi connectivity index (χ1v) is 7.77. The molecule has 1 heterocycles. The quantitative estimate of drug-likeness (QED) is 0.841. The summed E-state index contributed by atoms with van der Waals surface area (Å²) in [6.07, 6.45) is 7.01. The van der Waals surface area contributed by atoms with Crippen LogP contribution in [0.2, 0.25) is 0 Å². The maximum absolute atomic E-state index is 6.00. The molecule has 0 spiro atoms. The topological polar surface area (TPSA) is 12.5 Å². The van der Waals surface area contributed by atoms with Gasteiger partial charge >= 0.3 is 0 Å². The lowest BCUT2D eigenvalue weighted by molar-refractivity contribution is 0.00890. The van der Waals surface area contributed by atoms with Crippen molar-refractivity contribution in [2.45, 2.75) is 44.2 Å². The van der Waals surface area contributed by atoms with Crippen LogP contribution in [0.15, 0.2) is 28.7 Å². The molecular formula is C15H20BrNO. The molecule has 1 aromatic carbocycles. The Kier molecular flexibility index (Phi) is 3.90. The summed E-state index contributed by atoms with van der Waals surface area (Å²) in [4.78, 5) is 2.66. The second-order valence-electron chi connectivity index (χ2n) is 5.42. The van der Waals surface area contributed by atoms with Crippen LogP contribution in [0.5, 0.6) is 5.75 Å². The summed E-state index contributed by atoms with van der Waals surface area (Å²) in [6.45, 7) is 2.60. The van der Waals surface area contributed by atoms with Crippen molar-refractivity contribution in [2.24, 2.45) is 0 Å². The van der Waals surface area contributed by atoms with E-state index >= 15 is 0 Å². The molecule has 0 atom stereocenters. The number of halogens is 1. The summed E-state index contributed by atoms with van der Waals surface area (Å²) in [5.41, 5.74) is 0. The lowest BCUT2D eigenvalue weighted by atomic mass is 9.86. The molecule has 1 saturated carbocycles. The first-order chi connectivity index (χ1) is 8.81. The van der Waals surface area contributed by atoms with E-state index in [9.17, 15) is 0 Å². The molecule has 2 nitrogen and oxygen atoms in total. The molecule has 1 aliphatic carbocycles. The van der Waals surface area contributed by atoms with Crippen LogP contribution >= 0.6 is 15.9 Å². The number of piperidine rings is 1. The third-order valence-electron chi connectivity index (χ3n) is 4.08. The molecule has 0 unspecified atom stereocenters. The molecule has 2 fully saturated rings. The number of rotatable bonds is 3. The van der Waals surface area contributed by atoms with Crippen LogP contribution < -0.4 is 4.74 Å². The Morgan fingerprint density at radius 1 is 1.11 bits per heavy atom. The second kappa shape index (κ2) is 5.62. The van der Waals surface area contributed by atoms with Gasteiger partial charge in [0.25, 0.3) is 0 Å². The van der Waals surface area contributed by atoms with E-state index in [1.54, 1.807) is 0 Å². The van der Waals surface area contributed by atoms with Crippen LogP contribution in [-0.2, 0) is 0 Å². The number of likely N-dealkylation sites (tertiary alicyclic amines) is 1. The molecule has 1 aromatic rings. The average Bonchev–Trinajstić information content (AvgIpc) is 2.34. The molecule has 0 N–H and O–H groups in total. The van der Waals surface area contributed by atoms with E-state index < -0.39 is 0 Å². The highest BCUT2D eigenvalue weighted by Gasteiger charge is 2.35. The first-order valence-electron chi connectivity index (χ1n) is 6.97. The molecule has 0 amide bonds. The van der Waals surface area contributed by atoms with Gasteiger partial charge < -0.3 is 9.64 Å². The number of nitrogens with zero attached hydrogens (tertiary/aromatic N) is 1. The summed E-state index contributed by atoms with van der Waals surface area (Å²) in [5, 5.41) is 0. The lowest BCUT2D eigenvalue weighted by Crippen LogP contribution is -2.50. The standard InChI is InChI=1S/C15H20BrNO/c16-12-5-4-6-14(9-12)18-15-10-13(11-15)17-7-2-1-3-8-17/h4-6,9,13,15H,1-3,7-8,10-11H2. The molecule has 1 saturated heterocycles. The van der Waals surface area contributed by atoms with Crippen molar-refractivity contribution in [3.8, 4) is 5.75 Å². The van der Waals surface area contributed by atoms with Gasteiger partial charge in [-0.2, -0.15) is 0 Å². The van der Waals surface area contributed by atoms with Gasteiger partial charge in [-0.05, 0) is 44.1 Å². The Bertz CT molecular complexity index is 397. The van der Waals surface area contributed by atoms with E-state index in [1.165, 1.54) is 45.2 Å². The normalized spacial score (nSPS) is 28.7. The highest BCUT2D eigenvalue weighted by molar-refractivity contribution is 9.10. The van der Waals surface area contributed by atoms with Gasteiger partial charge in [0.05, 0.1) is 0 Å². The van der Waals surface area contributed by atoms with Crippen molar-refractivity contribution in [2.75, 3.05) is 13.1 Å². The number of hydrogen-bond acceptors (Lipinski definition) is 2. The fourth-order valence-corrected chi connectivity index (χ4v) is 3.33.